The second kappa shape index (κ2) is 7.97. The Labute approximate surface area is 154 Å². The van der Waals surface area contributed by atoms with Gasteiger partial charge in [0.1, 0.15) is 6.54 Å². The predicted octanol–water partition coefficient (Wildman–Crippen LogP) is 1.76. The van der Waals surface area contributed by atoms with Gasteiger partial charge < -0.3 is 10.2 Å². The molecule has 3 aromatic rings. The molecule has 5 nitrogen and oxygen atoms in total. The molecule has 0 aliphatic carbocycles. The molecule has 0 bridgehead atoms. The summed E-state index contributed by atoms with van der Waals surface area (Å²) in [4.78, 5) is 13.7. The Morgan fingerprint density at radius 1 is 1.00 bits per heavy atom. The molecule has 0 unspecified atom stereocenters. The van der Waals surface area contributed by atoms with Crippen LogP contribution in [0, 0.1) is 6.92 Å². The lowest BCUT2D eigenvalue weighted by Crippen LogP contribution is -3.04. The van der Waals surface area contributed by atoms with Crippen molar-refractivity contribution in [3.63, 3.8) is 0 Å². The van der Waals surface area contributed by atoms with E-state index in [4.69, 9.17) is 0 Å². The van der Waals surface area contributed by atoms with Gasteiger partial charge in [0.2, 0.25) is 0 Å². The number of aromatic nitrogens is 2. The van der Waals surface area contributed by atoms with E-state index in [0.717, 1.165) is 23.5 Å². The molecule has 0 fully saturated rings. The summed E-state index contributed by atoms with van der Waals surface area (Å²) in [7, 11) is 4.26. The van der Waals surface area contributed by atoms with Gasteiger partial charge in [-0.2, -0.15) is 5.10 Å². The van der Waals surface area contributed by atoms with Crippen LogP contribution >= 0.6 is 0 Å². The van der Waals surface area contributed by atoms with E-state index in [-0.39, 0.29) is 5.91 Å². The summed E-state index contributed by atoms with van der Waals surface area (Å²) in [5.74, 6) is -0.0736. The zero-order chi connectivity index (χ0) is 18.5. The van der Waals surface area contributed by atoms with Gasteiger partial charge in [-0.05, 0) is 42.8 Å². The number of rotatable bonds is 6. The molecule has 0 aliphatic rings. The molecular weight excluding hydrogens is 324 g/mol. The lowest BCUT2D eigenvalue weighted by Gasteiger charge is -2.09. The molecule has 2 aromatic carbocycles. The molecule has 134 valence electrons. The molecule has 2 N–H and O–H groups in total. The number of nitrogens with zero attached hydrogens (tertiary/aromatic N) is 2. The summed E-state index contributed by atoms with van der Waals surface area (Å²) in [5, 5.41) is 7.25. The Balaban J connectivity index is 1.59. The van der Waals surface area contributed by atoms with Crippen LogP contribution in [-0.4, -0.2) is 29.8 Å². The number of carbonyl (C=O) groups excluding carboxylic acids is 1. The minimum Gasteiger partial charge on any atom is -0.348 e. The Morgan fingerprint density at radius 2 is 1.65 bits per heavy atom. The van der Waals surface area contributed by atoms with Crippen molar-refractivity contribution in [2.45, 2.75) is 20.0 Å². The zero-order valence-electron chi connectivity index (χ0n) is 15.5. The highest BCUT2D eigenvalue weighted by Gasteiger charge is 2.07. The molecular formula is C21H25N4O+. The minimum atomic E-state index is -0.0736. The fourth-order valence-corrected chi connectivity index (χ4v) is 2.86. The van der Waals surface area contributed by atoms with Gasteiger partial charge >= 0.3 is 0 Å². The molecule has 0 aliphatic heterocycles. The van der Waals surface area contributed by atoms with E-state index in [9.17, 15) is 4.79 Å². The summed E-state index contributed by atoms with van der Waals surface area (Å²) >= 11 is 0. The van der Waals surface area contributed by atoms with Crippen LogP contribution in [0.3, 0.4) is 0 Å². The van der Waals surface area contributed by atoms with E-state index in [2.05, 4.69) is 48.8 Å². The molecule has 0 radical (unpaired) electrons. The first-order valence-electron chi connectivity index (χ1n) is 8.79. The number of amides is 1. The number of aryl methyl sites for hydroxylation is 1. The molecule has 1 heterocycles. The number of quaternary nitrogens is 1. The van der Waals surface area contributed by atoms with Crippen LogP contribution in [0.1, 0.15) is 27.2 Å². The fraction of sp³-hybridized carbons (Fsp3) is 0.238. The molecule has 0 atom stereocenters. The molecule has 1 amide bonds. The fourth-order valence-electron chi connectivity index (χ4n) is 2.86. The van der Waals surface area contributed by atoms with Gasteiger partial charge in [-0.1, -0.05) is 24.3 Å². The normalized spacial score (nSPS) is 10.9. The Hall–Kier alpha value is -2.92. The zero-order valence-corrected chi connectivity index (χ0v) is 15.5. The largest absolute Gasteiger partial charge is 0.348 e. The Kier molecular flexibility index (Phi) is 5.49. The quantitative estimate of drug-likeness (QED) is 0.712. The minimum absolute atomic E-state index is 0.0736. The third-order valence-corrected chi connectivity index (χ3v) is 4.24. The highest BCUT2D eigenvalue weighted by molar-refractivity contribution is 5.94. The monoisotopic (exact) mass is 349 g/mol. The first-order chi connectivity index (χ1) is 12.5. The maximum absolute atomic E-state index is 12.4. The molecule has 3 rings (SSSR count). The van der Waals surface area contributed by atoms with Crippen LogP contribution in [0.5, 0.6) is 0 Å². The molecule has 0 saturated heterocycles. The molecule has 1 aromatic heterocycles. The number of nitrogens with one attached hydrogen (secondary N) is 2. The lowest BCUT2D eigenvalue weighted by molar-refractivity contribution is -0.872. The van der Waals surface area contributed by atoms with Crippen molar-refractivity contribution < 1.29 is 9.69 Å². The summed E-state index contributed by atoms with van der Waals surface area (Å²) in [5.41, 5.74) is 5.04. The van der Waals surface area contributed by atoms with Crippen LogP contribution < -0.4 is 10.2 Å². The summed E-state index contributed by atoms with van der Waals surface area (Å²) < 4.78 is 1.85. The molecule has 0 saturated carbocycles. The topological polar surface area (TPSA) is 51.4 Å². The average molecular weight is 349 g/mol. The van der Waals surface area contributed by atoms with Crippen molar-refractivity contribution in [2.24, 2.45) is 0 Å². The van der Waals surface area contributed by atoms with Crippen LogP contribution in [-0.2, 0) is 13.1 Å². The SMILES string of the molecule is Cc1ccnn1-c1ccc(C(=O)NCc2ccc(C[NH+](C)C)cc2)cc1. The number of hydrogen-bond donors (Lipinski definition) is 2. The number of hydrogen-bond acceptors (Lipinski definition) is 2. The van der Waals surface area contributed by atoms with Gasteiger partial charge in [0.15, 0.2) is 0 Å². The molecule has 26 heavy (non-hydrogen) atoms. The second-order valence-electron chi connectivity index (χ2n) is 6.81. The van der Waals surface area contributed by atoms with E-state index >= 15 is 0 Å². The summed E-state index contributed by atoms with van der Waals surface area (Å²) in [6.45, 7) is 3.52. The van der Waals surface area contributed by atoms with Crippen molar-refractivity contribution in [1.29, 1.82) is 0 Å². The van der Waals surface area contributed by atoms with Gasteiger partial charge in [0.05, 0.1) is 19.8 Å². The average Bonchev–Trinajstić information content (AvgIpc) is 3.06. The van der Waals surface area contributed by atoms with Gasteiger partial charge in [0, 0.05) is 29.6 Å². The van der Waals surface area contributed by atoms with Crippen molar-refractivity contribution in [1.82, 2.24) is 15.1 Å². The van der Waals surface area contributed by atoms with E-state index in [1.807, 2.05) is 41.9 Å². The van der Waals surface area contributed by atoms with Crippen molar-refractivity contribution in [3.05, 3.63) is 83.2 Å². The van der Waals surface area contributed by atoms with Gasteiger partial charge in [-0.3, -0.25) is 4.79 Å². The van der Waals surface area contributed by atoms with Gasteiger partial charge in [-0.15, -0.1) is 0 Å². The van der Waals surface area contributed by atoms with E-state index < -0.39 is 0 Å². The van der Waals surface area contributed by atoms with Crippen molar-refractivity contribution in [3.8, 4) is 5.69 Å². The van der Waals surface area contributed by atoms with Crippen LogP contribution in [0.15, 0.2) is 60.8 Å². The van der Waals surface area contributed by atoms with Crippen molar-refractivity contribution in [2.75, 3.05) is 14.1 Å². The lowest BCUT2D eigenvalue weighted by atomic mass is 10.1. The van der Waals surface area contributed by atoms with Crippen LogP contribution in [0.4, 0.5) is 0 Å². The van der Waals surface area contributed by atoms with Crippen molar-refractivity contribution >= 4 is 5.91 Å². The first-order valence-corrected chi connectivity index (χ1v) is 8.79. The van der Waals surface area contributed by atoms with Crippen LogP contribution in [0.25, 0.3) is 5.69 Å². The number of carbonyl (C=O) groups is 1. The third kappa shape index (κ3) is 4.37. The van der Waals surface area contributed by atoms with Gasteiger partial charge in [0.25, 0.3) is 5.91 Å². The third-order valence-electron chi connectivity index (χ3n) is 4.24. The van der Waals surface area contributed by atoms with Crippen LogP contribution in [0.2, 0.25) is 0 Å². The Bertz CT molecular complexity index is 864. The summed E-state index contributed by atoms with van der Waals surface area (Å²) in [6.07, 6.45) is 1.76. The maximum Gasteiger partial charge on any atom is 0.251 e. The van der Waals surface area contributed by atoms with Gasteiger partial charge in [-0.25, -0.2) is 4.68 Å². The second-order valence-corrected chi connectivity index (χ2v) is 6.81. The van der Waals surface area contributed by atoms with E-state index in [0.29, 0.717) is 12.1 Å². The predicted molar refractivity (Wildman–Crippen MR) is 102 cm³/mol. The first kappa shape index (κ1) is 17.9. The van der Waals surface area contributed by atoms with E-state index in [1.165, 1.54) is 10.5 Å². The number of benzene rings is 2. The summed E-state index contributed by atoms with van der Waals surface area (Å²) in [6, 6.07) is 17.8. The highest BCUT2D eigenvalue weighted by atomic mass is 16.1. The maximum atomic E-state index is 12.4. The standard InChI is InChI=1S/C21H24N4O/c1-16-12-13-23-25(16)20-10-8-19(9-11-20)21(26)22-14-17-4-6-18(7-5-17)15-24(2)3/h4-13H,14-15H2,1-3H3,(H,22,26)/p+1. The Morgan fingerprint density at radius 3 is 2.23 bits per heavy atom. The smallest absolute Gasteiger partial charge is 0.251 e. The molecule has 0 spiro atoms. The highest BCUT2D eigenvalue weighted by Crippen LogP contribution is 2.11. The van der Waals surface area contributed by atoms with E-state index in [1.54, 1.807) is 6.20 Å². The molecule has 5 heteroatoms.